The molecule has 0 fully saturated rings. The minimum atomic E-state index is -0.260. The van der Waals surface area contributed by atoms with Crippen molar-refractivity contribution in [1.82, 2.24) is 5.32 Å². The molecule has 1 aliphatic rings. The number of nitrogens with zero attached hydrogens (tertiary/aromatic N) is 1. The molecule has 3 aromatic heterocycles. The van der Waals surface area contributed by atoms with Gasteiger partial charge in [0.05, 0.1) is 0 Å². The van der Waals surface area contributed by atoms with Crippen LogP contribution in [0, 0.1) is 0 Å². The molecule has 0 spiro atoms. The van der Waals surface area contributed by atoms with Crippen LogP contribution in [0.15, 0.2) is 200 Å². The molecule has 8 aromatic carbocycles. The lowest BCUT2D eigenvalue weighted by Crippen LogP contribution is -2.23. The second-order valence-corrected chi connectivity index (χ2v) is 15.9. The van der Waals surface area contributed by atoms with Crippen LogP contribution in [0.25, 0.3) is 93.8 Å². The van der Waals surface area contributed by atoms with Gasteiger partial charge in [0, 0.05) is 49.3 Å². The number of furan rings is 3. The summed E-state index contributed by atoms with van der Waals surface area (Å²) >= 11 is 0. The van der Waals surface area contributed by atoms with E-state index in [9.17, 15) is 0 Å². The first-order chi connectivity index (χ1) is 29.6. The Morgan fingerprint density at radius 2 is 0.983 bits per heavy atom. The molecule has 0 radical (unpaired) electrons. The van der Waals surface area contributed by atoms with E-state index in [1.807, 2.05) is 24.3 Å². The van der Waals surface area contributed by atoms with Crippen molar-refractivity contribution in [2.75, 3.05) is 0 Å². The summed E-state index contributed by atoms with van der Waals surface area (Å²) in [5, 5.41) is 10.4. The number of fused-ring (bicyclic) bond motifs is 9. The predicted octanol–water partition coefficient (Wildman–Crippen LogP) is 15.0. The summed E-state index contributed by atoms with van der Waals surface area (Å²) in [6, 6.07) is 61.7. The van der Waals surface area contributed by atoms with Crippen molar-refractivity contribution in [2.45, 2.75) is 25.9 Å². The molecule has 0 aliphatic carbocycles. The molecule has 4 heterocycles. The van der Waals surface area contributed by atoms with Gasteiger partial charge in [-0.3, -0.25) is 4.99 Å². The Kier molecular flexibility index (Phi) is 7.88. The Bertz CT molecular complexity index is 3530. The van der Waals surface area contributed by atoms with Gasteiger partial charge in [-0.05, 0) is 119 Å². The zero-order valence-corrected chi connectivity index (χ0v) is 32.9. The monoisotopic (exact) mass is 774 g/mol. The predicted molar refractivity (Wildman–Crippen MR) is 246 cm³/mol. The number of rotatable bonds is 5. The van der Waals surface area contributed by atoms with E-state index in [1.54, 1.807) is 0 Å². The lowest BCUT2D eigenvalue weighted by atomic mass is 9.94. The van der Waals surface area contributed by atoms with E-state index < -0.39 is 0 Å². The summed E-state index contributed by atoms with van der Waals surface area (Å²) in [6.45, 7) is 2.23. The van der Waals surface area contributed by atoms with Crippen molar-refractivity contribution in [3.8, 4) is 22.3 Å². The Labute approximate surface area is 345 Å². The van der Waals surface area contributed by atoms with Crippen LogP contribution in [-0.4, -0.2) is 5.71 Å². The van der Waals surface area contributed by atoms with E-state index in [0.29, 0.717) is 0 Å². The van der Waals surface area contributed by atoms with E-state index >= 15 is 0 Å². The molecule has 1 N–H and O–H groups in total. The number of nitrogens with one attached hydrogen (secondary N) is 1. The van der Waals surface area contributed by atoms with Gasteiger partial charge in [0.1, 0.15) is 39.7 Å². The highest BCUT2D eigenvalue weighted by atomic mass is 16.3. The third-order valence-electron chi connectivity index (χ3n) is 12.2. The van der Waals surface area contributed by atoms with Gasteiger partial charge in [0.15, 0.2) is 0 Å². The quantitative estimate of drug-likeness (QED) is 0.189. The van der Waals surface area contributed by atoms with Crippen molar-refractivity contribution in [1.29, 1.82) is 0 Å². The number of hydrogen-bond acceptors (Lipinski definition) is 5. The van der Waals surface area contributed by atoms with Gasteiger partial charge in [-0.2, -0.15) is 0 Å². The maximum atomic E-state index is 6.98. The van der Waals surface area contributed by atoms with E-state index in [0.717, 1.165) is 123 Å². The van der Waals surface area contributed by atoms with Crippen LogP contribution < -0.4 is 5.32 Å². The fourth-order valence-corrected chi connectivity index (χ4v) is 9.13. The average molecular weight is 775 g/mol. The molecule has 12 rings (SSSR count). The summed E-state index contributed by atoms with van der Waals surface area (Å²) in [5.74, 6) is 0. The molecule has 0 saturated heterocycles. The molecule has 0 bridgehead atoms. The van der Waals surface area contributed by atoms with Crippen LogP contribution in [0.1, 0.15) is 42.6 Å². The van der Waals surface area contributed by atoms with Gasteiger partial charge in [0.25, 0.3) is 0 Å². The lowest BCUT2D eigenvalue weighted by molar-refractivity contribution is 0.655. The summed E-state index contributed by atoms with van der Waals surface area (Å²) in [5.41, 5.74) is 16.1. The first kappa shape index (κ1) is 34.4. The molecular formula is C55H38N2O3. The molecule has 5 heteroatoms. The van der Waals surface area contributed by atoms with Gasteiger partial charge in [-0.15, -0.1) is 0 Å². The Hall–Kier alpha value is -7.63. The number of allylic oxidation sites excluding steroid dienone is 1. The summed E-state index contributed by atoms with van der Waals surface area (Å²) in [4.78, 5) is 5.46. The highest BCUT2D eigenvalue weighted by molar-refractivity contribution is 6.15. The molecule has 60 heavy (non-hydrogen) atoms. The van der Waals surface area contributed by atoms with Crippen molar-refractivity contribution >= 4 is 77.2 Å². The lowest BCUT2D eigenvalue weighted by Gasteiger charge is -2.25. The summed E-state index contributed by atoms with van der Waals surface area (Å²) in [6.07, 6.45) is 1.42. The standard InChI is InChI=1S/C55H38N2O3/c1-33-20-27-47(56-55(35-14-6-3-7-15-35)57-53(33)34-12-4-2-5-13-34)38-23-26-44-46-29-39(36-21-24-42-40-16-8-10-18-48(40)58-50(42)30-36)28-45(54(46)60-52(44)32-38)37-22-25-43-41-17-9-11-19-49(41)59-51(43)31-37/h2-19,21-26,28-32,55,57H,20,27H2,1H3/b53-33-,56-47?. The van der Waals surface area contributed by atoms with Gasteiger partial charge < -0.3 is 18.6 Å². The number of aliphatic imine (C=N–C) groups is 1. The molecule has 0 saturated carbocycles. The van der Waals surface area contributed by atoms with Crippen LogP contribution in [0.2, 0.25) is 0 Å². The molecule has 1 atom stereocenters. The molecule has 1 unspecified atom stereocenters. The molecule has 286 valence electrons. The van der Waals surface area contributed by atoms with Crippen LogP contribution in [0.4, 0.5) is 0 Å². The van der Waals surface area contributed by atoms with Crippen molar-refractivity contribution in [3.05, 3.63) is 198 Å². The van der Waals surface area contributed by atoms with Crippen LogP contribution >= 0.6 is 0 Å². The minimum Gasteiger partial charge on any atom is -0.456 e. The largest absolute Gasteiger partial charge is 0.456 e. The third-order valence-corrected chi connectivity index (χ3v) is 12.2. The topological polar surface area (TPSA) is 63.8 Å². The van der Waals surface area contributed by atoms with Crippen molar-refractivity contribution < 1.29 is 13.3 Å². The molecule has 1 aliphatic heterocycles. The van der Waals surface area contributed by atoms with Gasteiger partial charge >= 0.3 is 0 Å². The number of para-hydroxylation sites is 2. The first-order valence-electron chi connectivity index (χ1n) is 20.6. The maximum absolute atomic E-state index is 6.98. The third kappa shape index (κ3) is 5.73. The smallest absolute Gasteiger partial charge is 0.145 e. The molecule has 5 nitrogen and oxygen atoms in total. The fraction of sp³-hybridized carbons (Fsp3) is 0.0727. The van der Waals surface area contributed by atoms with Crippen LogP contribution in [0.5, 0.6) is 0 Å². The van der Waals surface area contributed by atoms with Crippen molar-refractivity contribution in [2.24, 2.45) is 4.99 Å². The highest BCUT2D eigenvalue weighted by Gasteiger charge is 2.22. The highest BCUT2D eigenvalue weighted by Crippen LogP contribution is 2.43. The van der Waals surface area contributed by atoms with E-state index in [4.69, 9.17) is 18.2 Å². The molecular weight excluding hydrogens is 737 g/mol. The average Bonchev–Trinajstić information content (AvgIpc) is 3.98. The Morgan fingerprint density at radius 3 is 1.70 bits per heavy atom. The summed E-state index contributed by atoms with van der Waals surface area (Å²) < 4.78 is 19.7. The fourth-order valence-electron chi connectivity index (χ4n) is 9.13. The normalized spacial score (nSPS) is 16.1. The first-order valence-corrected chi connectivity index (χ1v) is 20.6. The van der Waals surface area contributed by atoms with Gasteiger partial charge in [-0.25, -0.2) is 0 Å². The Balaban J connectivity index is 1.02. The van der Waals surface area contributed by atoms with E-state index in [1.165, 1.54) is 11.1 Å². The van der Waals surface area contributed by atoms with Crippen molar-refractivity contribution in [3.63, 3.8) is 0 Å². The second-order valence-electron chi connectivity index (χ2n) is 15.9. The molecule has 0 amide bonds. The summed E-state index contributed by atoms with van der Waals surface area (Å²) in [7, 11) is 0. The SMILES string of the molecule is C/C1=C(\c2ccccc2)NC(c2ccccc2)N=C(c2ccc3c(c2)oc2c(-c4ccc5c(c4)oc4ccccc45)cc(-c4ccc5c(c4)oc4ccccc45)cc23)CC1. The number of hydrogen-bond donors (Lipinski definition) is 1. The van der Waals surface area contributed by atoms with E-state index in [-0.39, 0.29) is 6.17 Å². The van der Waals surface area contributed by atoms with E-state index in [2.05, 4.69) is 164 Å². The zero-order valence-electron chi connectivity index (χ0n) is 32.9. The zero-order chi connectivity index (χ0) is 39.7. The van der Waals surface area contributed by atoms with Crippen LogP contribution in [-0.2, 0) is 0 Å². The minimum absolute atomic E-state index is 0.260. The number of benzene rings is 8. The van der Waals surface area contributed by atoms with Gasteiger partial charge in [0.2, 0.25) is 0 Å². The second kappa shape index (κ2) is 13.7. The van der Waals surface area contributed by atoms with Gasteiger partial charge in [-0.1, -0.05) is 115 Å². The Morgan fingerprint density at radius 1 is 0.433 bits per heavy atom. The molecule has 11 aromatic rings. The van der Waals surface area contributed by atoms with Crippen LogP contribution in [0.3, 0.4) is 0 Å². The maximum Gasteiger partial charge on any atom is 0.145 e.